The van der Waals surface area contributed by atoms with Crippen molar-refractivity contribution in [2.24, 2.45) is 0 Å². The van der Waals surface area contributed by atoms with Gasteiger partial charge in [0.15, 0.2) is 5.82 Å². The predicted molar refractivity (Wildman–Crippen MR) is 96.0 cm³/mol. The van der Waals surface area contributed by atoms with Crippen molar-refractivity contribution in [1.82, 2.24) is 9.97 Å². The van der Waals surface area contributed by atoms with E-state index in [1.165, 1.54) is 12.4 Å². The maximum absolute atomic E-state index is 12.4. The number of rotatable bonds is 5. The highest BCUT2D eigenvalue weighted by atomic mass is 32.2. The molecule has 1 aromatic heterocycles. The molecule has 0 fully saturated rings. The fourth-order valence-electron chi connectivity index (χ4n) is 2.23. The predicted octanol–water partition coefficient (Wildman–Crippen LogP) is 3.26. The van der Waals surface area contributed by atoms with E-state index in [0.29, 0.717) is 11.4 Å². The van der Waals surface area contributed by atoms with E-state index in [2.05, 4.69) is 14.7 Å². The number of hydrogen-bond acceptors (Lipinski definition) is 5. The van der Waals surface area contributed by atoms with Crippen molar-refractivity contribution in [3.05, 3.63) is 66.5 Å². The molecule has 3 aromatic rings. The Balaban J connectivity index is 1.81. The molecular formula is C18H17N3O3S. The van der Waals surface area contributed by atoms with Gasteiger partial charge in [-0.05, 0) is 31.2 Å². The number of nitrogens with zero attached hydrogens (tertiary/aromatic N) is 2. The van der Waals surface area contributed by atoms with Crippen LogP contribution in [0.3, 0.4) is 0 Å². The Hall–Kier alpha value is -2.93. The molecule has 0 saturated carbocycles. The summed E-state index contributed by atoms with van der Waals surface area (Å²) in [5.41, 5.74) is 2.44. The highest BCUT2D eigenvalue weighted by Gasteiger charge is 2.14. The molecule has 1 N–H and O–H groups in total. The normalized spacial score (nSPS) is 11.1. The van der Waals surface area contributed by atoms with Crippen LogP contribution < -0.4 is 9.46 Å². The molecule has 0 aliphatic heterocycles. The molecule has 0 spiro atoms. The summed E-state index contributed by atoms with van der Waals surface area (Å²) in [6.45, 7) is 1.90. The molecule has 1 heterocycles. The molecule has 128 valence electrons. The molecule has 3 rings (SSSR count). The van der Waals surface area contributed by atoms with E-state index >= 15 is 0 Å². The zero-order valence-corrected chi connectivity index (χ0v) is 14.6. The highest BCUT2D eigenvalue weighted by Crippen LogP contribution is 2.22. The van der Waals surface area contributed by atoms with Gasteiger partial charge in [-0.3, -0.25) is 9.71 Å². The number of sulfonamides is 1. The van der Waals surface area contributed by atoms with Crippen LogP contribution in [-0.4, -0.2) is 25.5 Å². The van der Waals surface area contributed by atoms with E-state index in [1.54, 1.807) is 31.4 Å². The molecule has 0 aliphatic carbocycles. The fourth-order valence-corrected chi connectivity index (χ4v) is 3.22. The number of nitrogens with one attached hydrogen (secondary N) is 1. The van der Waals surface area contributed by atoms with Crippen LogP contribution in [0.2, 0.25) is 0 Å². The summed E-state index contributed by atoms with van der Waals surface area (Å²) in [6, 6.07) is 14.0. The van der Waals surface area contributed by atoms with E-state index < -0.39 is 10.0 Å². The van der Waals surface area contributed by atoms with Gasteiger partial charge in [0.2, 0.25) is 0 Å². The average molecular weight is 355 g/mol. The average Bonchev–Trinajstić information content (AvgIpc) is 2.62. The summed E-state index contributed by atoms with van der Waals surface area (Å²) in [7, 11) is -2.10. The molecule has 0 unspecified atom stereocenters. The van der Waals surface area contributed by atoms with E-state index in [4.69, 9.17) is 4.74 Å². The largest absolute Gasteiger partial charge is 0.497 e. The number of ether oxygens (including phenoxy) is 1. The van der Waals surface area contributed by atoms with Gasteiger partial charge in [-0.25, -0.2) is 13.4 Å². The number of benzene rings is 2. The van der Waals surface area contributed by atoms with Crippen molar-refractivity contribution < 1.29 is 13.2 Å². The van der Waals surface area contributed by atoms with Gasteiger partial charge in [-0.1, -0.05) is 29.8 Å². The lowest BCUT2D eigenvalue weighted by Gasteiger charge is -2.08. The minimum atomic E-state index is -3.69. The third-order valence-electron chi connectivity index (χ3n) is 3.59. The first kappa shape index (κ1) is 16.9. The first-order valence-corrected chi connectivity index (χ1v) is 9.02. The third kappa shape index (κ3) is 3.95. The SMILES string of the molecule is COc1cccc(-c2cnc(NS(=O)(=O)c3ccc(C)cc3)cn2)c1. The van der Waals surface area contributed by atoms with Crippen molar-refractivity contribution in [2.75, 3.05) is 11.8 Å². The topological polar surface area (TPSA) is 81.2 Å². The molecule has 2 aromatic carbocycles. The van der Waals surface area contributed by atoms with Gasteiger partial charge in [-0.2, -0.15) is 0 Å². The summed E-state index contributed by atoms with van der Waals surface area (Å²) >= 11 is 0. The van der Waals surface area contributed by atoms with Crippen molar-refractivity contribution >= 4 is 15.8 Å². The van der Waals surface area contributed by atoms with Crippen LogP contribution in [0.4, 0.5) is 5.82 Å². The van der Waals surface area contributed by atoms with E-state index in [1.807, 2.05) is 31.2 Å². The molecule has 7 heteroatoms. The van der Waals surface area contributed by atoms with Gasteiger partial charge < -0.3 is 4.74 Å². The van der Waals surface area contributed by atoms with Crippen LogP contribution in [0.5, 0.6) is 5.75 Å². The van der Waals surface area contributed by atoms with Gasteiger partial charge in [0.05, 0.1) is 30.1 Å². The number of hydrogen-bond donors (Lipinski definition) is 1. The summed E-state index contributed by atoms with van der Waals surface area (Å²) in [4.78, 5) is 8.59. The van der Waals surface area contributed by atoms with Gasteiger partial charge in [0.1, 0.15) is 5.75 Å². The maximum Gasteiger partial charge on any atom is 0.263 e. The van der Waals surface area contributed by atoms with E-state index in [0.717, 1.165) is 11.1 Å². The van der Waals surface area contributed by atoms with Crippen molar-refractivity contribution in [2.45, 2.75) is 11.8 Å². The van der Waals surface area contributed by atoms with Gasteiger partial charge in [0, 0.05) is 5.56 Å². The number of aryl methyl sites for hydroxylation is 1. The van der Waals surface area contributed by atoms with Crippen molar-refractivity contribution in [1.29, 1.82) is 0 Å². The van der Waals surface area contributed by atoms with Crippen molar-refractivity contribution in [3.8, 4) is 17.0 Å². The van der Waals surface area contributed by atoms with Crippen molar-refractivity contribution in [3.63, 3.8) is 0 Å². The minimum Gasteiger partial charge on any atom is -0.497 e. The van der Waals surface area contributed by atoms with Crippen LogP contribution in [0.1, 0.15) is 5.56 Å². The summed E-state index contributed by atoms with van der Waals surface area (Å²) in [5.74, 6) is 0.871. The lowest BCUT2D eigenvalue weighted by atomic mass is 10.1. The smallest absolute Gasteiger partial charge is 0.263 e. The molecular weight excluding hydrogens is 338 g/mol. The lowest BCUT2D eigenvalue weighted by Crippen LogP contribution is -2.14. The summed E-state index contributed by atoms with van der Waals surface area (Å²) in [5, 5.41) is 0. The maximum atomic E-state index is 12.4. The second-order valence-corrected chi connectivity index (χ2v) is 7.12. The van der Waals surface area contributed by atoms with Crippen LogP contribution in [0.25, 0.3) is 11.3 Å². The zero-order valence-electron chi connectivity index (χ0n) is 13.8. The Morgan fingerprint density at radius 1 is 1.00 bits per heavy atom. The van der Waals surface area contributed by atoms with Gasteiger partial charge in [-0.15, -0.1) is 0 Å². The first-order valence-electron chi connectivity index (χ1n) is 7.54. The Bertz CT molecular complexity index is 969. The Labute approximate surface area is 146 Å². The zero-order chi connectivity index (χ0) is 17.9. The summed E-state index contributed by atoms with van der Waals surface area (Å²) < 4.78 is 32.3. The van der Waals surface area contributed by atoms with Gasteiger partial charge in [0.25, 0.3) is 10.0 Å². The third-order valence-corrected chi connectivity index (χ3v) is 4.96. The number of aromatic nitrogens is 2. The van der Waals surface area contributed by atoms with E-state index in [-0.39, 0.29) is 10.7 Å². The van der Waals surface area contributed by atoms with Gasteiger partial charge >= 0.3 is 0 Å². The molecule has 25 heavy (non-hydrogen) atoms. The molecule has 6 nitrogen and oxygen atoms in total. The minimum absolute atomic E-state index is 0.159. The standard InChI is InChI=1S/C18H17N3O3S/c1-13-6-8-16(9-7-13)25(22,23)21-18-12-19-17(11-20-18)14-4-3-5-15(10-14)24-2/h3-12H,1-2H3,(H,20,21). The Kier molecular flexibility index (Phi) is 4.67. The Morgan fingerprint density at radius 3 is 2.40 bits per heavy atom. The highest BCUT2D eigenvalue weighted by molar-refractivity contribution is 7.92. The van der Waals surface area contributed by atoms with Crippen LogP contribution in [0.15, 0.2) is 65.8 Å². The summed E-state index contributed by atoms with van der Waals surface area (Å²) in [6.07, 6.45) is 2.91. The monoisotopic (exact) mass is 355 g/mol. The fraction of sp³-hybridized carbons (Fsp3) is 0.111. The molecule has 0 atom stereocenters. The lowest BCUT2D eigenvalue weighted by molar-refractivity contribution is 0.415. The Morgan fingerprint density at radius 2 is 1.76 bits per heavy atom. The quantitative estimate of drug-likeness (QED) is 0.760. The molecule has 0 aliphatic rings. The molecule has 0 radical (unpaired) electrons. The van der Waals surface area contributed by atoms with Crippen LogP contribution in [0, 0.1) is 6.92 Å². The van der Waals surface area contributed by atoms with Crippen LogP contribution >= 0.6 is 0 Å². The number of methoxy groups -OCH3 is 1. The van der Waals surface area contributed by atoms with Crippen LogP contribution in [-0.2, 0) is 10.0 Å². The molecule has 0 amide bonds. The second-order valence-electron chi connectivity index (χ2n) is 5.44. The van der Waals surface area contributed by atoms with E-state index in [9.17, 15) is 8.42 Å². The first-order chi connectivity index (χ1) is 12.0. The molecule has 0 bridgehead atoms. The molecule has 0 saturated heterocycles. The second kappa shape index (κ2) is 6.90. The number of anilines is 1.